The average Bonchev–Trinajstić information content (AvgIpc) is 2.96. The van der Waals surface area contributed by atoms with Crippen molar-refractivity contribution in [3.8, 4) is 0 Å². The van der Waals surface area contributed by atoms with Gasteiger partial charge in [0.2, 0.25) is 5.91 Å². The summed E-state index contributed by atoms with van der Waals surface area (Å²) in [5.74, 6) is 1.49. The molecular weight excluding hydrogens is 332 g/mol. The summed E-state index contributed by atoms with van der Waals surface area (Å²) in [6, 6.07) is 13.9. The lowest BCUT2D eigenvalue weighted by Gasteiger charge is -2.09. The van der Waals surface area contributed by atoms with Crippen molar-refractivity contribution < 1.29 is 4.79 Å². The Morgan fingerprint density at radius 3 is 2.88 bits per heavy atom. The molecule has 2 aromatic carbocycles. The number of carbonyl (C=O) groups is 1. The summed E-state index contributed by atoms with van der Waals surface area (Å²) >= 11 is 1.53. The number of hydrogen-bond donors (Lipinski definition) is 1. The molecule has 0 aliphatic carbocycles. The second kappa shape index (κ2) is 7.98. The number of allylic oxidation sites excluding steroid dienone is 1. The summed E-state index contributed by atoms with van der Waals surface area (Å²) in [6.45, 7) is 6.33. The largest absolute Gasteiger partial charge is 0.325 e. The summed E-state index contributed by atoms with van der Waals surface area (Å²) in [7, 11) is 0. The van der Waals surface area contributed by atoms with E-state index in [0.717, 1.165) is 27.4 Å². The van der Waals surface area contributed by atoms with Crippen molar-refractivity contribution in [1.82, 2.24) is 14.8 Å². The Morgan fingerprint density at radius 1 is 1.24 bits per heavy atom. The third-order valence-corrected chi connectivity index (χ3v) is 4.81. The van der Waals surface area contributed by atoms with Gasteiger partial charge in [-0.1, -0.05) is 54.2 Å². The van der Waals surface area contributed by atoms with Crippen LogP contribution in [0.4, 0.5) is 5.69 Å². The van der Waals surface area contributed by atoms with E-state index in [-0.39, 0.29) is 5.91 Å². The number of carbonyl (C=O) groups excluding carboxylic acids is 1. The van der Waals surface area contributed by atoms with Gasteiger partial charge < -0.3 is 9.88 Å². The number of amides is 1. The highest BCUT2D eigenvalue weighted by molar-refractivity contribution is 7.99. The Labute approximate surface area is 151 Å². The summed E-state index contributed by atoms with van der Waals surface area (Å²) in [4.78, 5) is 12.3. The quantitative estimate of drug-likeness (QED) is 0.515. The fourth-order valence-electron chi connectivity index (χ4n) is 2.59. The molecule has 5 nitrogen and oxygen atoms in total. The highest BCUT2D eigenvalue weighted by Crippen LogP contribution is 2.23. The number of hydrogen-bond acceptors (Lipinski definition) is 4. The molecule has 128 valence electrons. The lowest BCUT2D eigenvalue weighted by molar-refractivity contribution is -0.115. The second-order valence-corrected chi connectivity index (χ2v) is 6.66. The smallest absolute Gasteiger partial charge is 0.225 e. The van der Waals surface area contributed by atoms with Crippen LogP contribution in [0.1, 0.15) is 12.2 Å². The Balaban J connectivity index is 1.59. The Bertz CT molecular complexity index is 898. The van der Waals surface area contributed by atoms with Gasteiger partial charge in [-0.15, -0.1) is 16.8 Å². The van der Waals surface area contributed by atoms with Gasteiger partial charge in [0.15, 0.2) is 5.16 Å². The average molecular weight is 352 g/mol. The second-order valence-electron chi connectivity index (χ2n) is 5.60. The molecule has 0 unspecified atom stereocenters. The van der Waals surface area contributed by atoms with E-state index in [1.807, 2.05) is 60.0 Å². The summed E-state index contributed by atoms with van der Waals surface area (Å²) in [5, 5.41) is 14.2. The van der Waals surface area contributed by atoms with Crippen LogP contribution in [-0.4, -0.2) is 26.4 Å². The third kappa shape index (κ3) is 4.09. The lowest BCUT2D eigenvalue weighted by atomic mass is 10.1. The van der Waals surface area contributed by atoms with Crippen molar-refractivity contribution in [3.63, 3.8) is 0 Å². The number of nitrogens with zero attached hydrogens (tertiary/aromatic N) is 3. The molecule has 0 saturated heterocycles. The molecule has 6 heteroatoms. The van der Waals surface area contributed by atoms with E-state index in [4.69, 9.17) is 0 Å². The van der Waals surface area contributed by atoms with E-state index in [1.165, 1.54) is 11.8 Å². The Hall–Kier alpha value is -2.60. The fourth-order valence-corrected chi connectivity index (χ4v) is 3.52. The molecule has 0 bridgehead atoms. The number of anilines is 1. The summed E-state index contributed by atoms with van der Waals surface area (Å²) in [5.41, 5.74) is 0.846. The van der Waals surface area contributed by atoms with Crippen LogP contribution >= 0.6 is 11.8 Å². The molecule has 1 amide bonds. The molecule has 1 aromatic heterocycles. The van der Waals surface area contributed by atoms with Gasteiger partial charge in [0, 0.05) is 29.8 Å². The first kappa shape index (κ1) is 17.2. The SMILES string of the molecule is C=CCn1c(C)nnc1SCCC(=O)Nc1cccc2ccccc12. The van der Waals surface area contributed by atoms with Crippen molar-refractivity contribution in [3.05, 3.63) is 60.9 Å². The zero-order valence-electron chi connectivity index (χ0n) is 14.1. The topological polar surface area (TPSA) is 59.8 Å². The van der Waals surface area contributed by atoms with Crippen molar-refractivity contribution in [2.75, 3.05) is 11.1 Å². The molecule has 0 fully saturated rings. The maximum Gasteiger partial charge on any atom is 0.225 e. The molecule has 3 rings (SSSR count). The maximum absolute atomic E-state index is 12.3. The molecule has 25 heavy (non-hydrogen) atoms. The van der Waals surface area contributed by atoms with Crippen LogP contribution in [-0.2, 0) is 11.3 Å². The third-order valence-electron chi connectivity index (χ3n) is 3.84. The van der Waals surface area contributed by atoms with Crippen LogP contribution in [0.2, 0.25) is 0 Å². The zero-order chi connectivity index (χ0) is 17.6. The molecule has 0 saturated carbocycles. The Morgan fingerprint density at radius 2 is 2.04 bits per heavy atom. The number of aromatic nitrogens is 3. The molecule has 1 N–H and O–H groups in total. The van der Waals surface area contributed by atoms with Crippen LogP contribution in [0.5, 0.6) is 0 Å². The van der Waals surface area contributed by atoms with Crippen LogP contribution in [0.15, 0.2) is 60.3 Å². The van der Waals surface area contributed by atoms with E-state index < -0.39 is 0 Å². The van der Waals surface area contributed by atoms with E-state index in [9.17, 15) is 4.79 Å². The highest BCUT2D eigenvalue weighted by atomic mass is 32.2. The fraction of sp³-hybridized carbons (Fsp3) is 0.211. The predicted molar refractivity (Wildman–Crippen MR) is 103 cm³/mol. The number of benzene rings is 2. The molecule has 0 atom stereocenters. The molecule has 3 aromatic rings. The van der Waals surface area contributed by atoms with Gasteiger partial charge >= 0.3 is 0 Å². The van der Waals surface area contributed by atoms with Gasteiger partial charge in [-0.25, -0.2) is 0 Å². The minimum absolute atomic E-state index is 0.00430. The summed E-state index contributed by atoms with van der Waals surface area (Å²) in [6.07, 6.45) is 2.22. The zero-order valence-corrected chi connectivity index (χ0v) is 14.9. The predicted octanol–water partition coefficient (Wildman–Crippen LogP) is 4.05. The minimum Gasteiger partial charge on any atom is -0.325 e. The van der Waals surface area contributed by atoms with E-state index >= 15 is 0 Å². The lowest BCUT2D eigenvalue weighted by Crippen LogP contribution is -2.12. The van der Waals surface area contributed by atoms with Crippen molar-refractivity contribution in [2.24, 2.45) is 0 Å². The van der Waals surface area contributed by atoms with Crippen LogP contribution in [0, 0.1) is 6.92 Å². The van der Waals surface area contributed by atoms with Crippen LogP contribution in [0.25, 0.3) is 10.8 Å². The molecule has 0 aliphatic heterocycles. The van der Waals surface area contributed by atoms with E-state index in [0.29, 0.717) is 18.7 Å². The van der Waals surface area contributed by atoms with Crippen molar-refractivity contribution in [1.29, 1.82) is 0 Å². The van der Waals surface area contributed by atoms with Gasteiger partial charge in [0.1, 0.15) is 5.82 Å². The minimum atomic E-state index is -0.00430. The molecule has 0 spiro atoms. The number of fused-ring (bicyclic) bond motifs is 1. The molecule has 1 heterocycles. The maximum atomic E-state index is 12.3. The Kier molecular flexibility index (Phi) is 5.50. The van der Waals surface area contributed by atoms with Crippen molar-refractivity contribution in [2.45, 2.75) is 25.0 Å². The monoisotopic (exact) mass is 352 g/mol. The number of aryl methyl sites for hydroxylation is 1. The van der Waals surface area contributed by atoms with Gasteiger partial charge in [-0.2, -0.15) is 0 Å². The van der Waals surface area contributed by atoms with Gasteiger partial charge in [-0.3, -0.25) is 4.79 Å². The number of rotatable bonds is 7. The van der Waals surface area contributed by atoms with Crippen LogP contribution in [0.3, 0.4) is 0 Å². The van der Waals surface area contributed by atoms with Crippen LogP contribution < -0.4 is 5.32 Å². The number of nitrogens with one attached hydrogen (secondary N) is 1. The highest BCUT2D eigenvalue weighted by Gasteiger charge is 2.10. The first-order chi connectivity index (χ1) is 12.2. The van der Waals surface area contributed by atoms with Gasteiger partial charge in [0.25, 0.3) is 0 Å². The first-order valence-corrected chi connectivity index (χ1v) is 9.08. The molecule has 0 radical (unpaired) electrons. The van der Waals surface area contributed by atoms with Gasteiger partial charge in [0.05, 0.1) is 0 Å². The molecular formula is C19H20N4OS. The normalized spacial score (nSPS) is 10.8. The van der Waals surface area contributed by atoms with Crippen molar-refractivity contribution >= 4 is 34.1 Å². The number of thioether (sulfide) groups is 1. The first-order valence-electron chi connectivity index (χ1n) is 8.10. The van der Waals surface area contributed by atoms with E-state index in [2.05, 4.69) is 22.1 Å². The molecule has 0 aliphatic rings. The van der Waals surface area contributed by atoms with E-state index in [1.54, 1.807) is 0 Å². The van der Waals surface area contributed by atoms with Gasteiger partial charge in [-0.05, 0) is 18.4 Å². The standard InChI is InChI=1S/C19H20N4OS/c1-3-12-23-14(2)21-22-19(23)25-13-11-18(24)20-17-10-6-8-15-7-4-5-9-16(15)17/h3-10H,1,11-13H2,2H3,(H,20,24). The summed E-state index contributed by atoms with van der Waals surface area (Å²) < 4.78 is 1.99.